The molecule has 0 amide bonds. The molecular formula is C27H24N4OS. The Kier molecular flexibility index (Phi) is 6.11. The van der Waals surface area contributed by atoms with Gasteiger partial charge in [-0.1, -0.05) is 66.7 Å². The molecule has 0 radical (unpaired) electrons. The number of benzene rings is 2. The molecule has 0 saturated carbocycles. The van der Waals surface area contributed by atoms with Crippen LogP contribution < -0.4 is 5.32 Å². The van der Waals surface area contributed by atoms with Crippen molar-refractivity contribution in [3.8, 4) is 33.1 Å². The van der Waals surface area contributed by atoms with Gasteiger partial charge in [0.25, 0.3) is 0 Å². The summed E-state index contributed by atoms with van der Waals surface area (Å²) in [5.74, 6) is 1.42. The first-order valence-electron chi connectivity index (χ1n) is 10.9. The molecule has 0 spiro atoms. The highest BCUT2D eigenvalue weighted by atomic mass is 32.1. The minimum atomic E-state index is 0.583. The van der Waals surface area contributed by atoms with E-state index >= 15 is 0 Å². The van der Waals surface area contributed by atoms with Gasteiger partial charge in [-0.05, 0) is 30.2 Å². The Bertz CT molecular complexity index is 1380. The molecule has 5 aromatic rings. The van der Waals surface area contributed by atoms with Gasteiger partial charge in [0, 0.05) is 29.8 Å². The lowest BCUT2D eigenvalue weighted by molar-refractivity contribution is 0.210. The topological polar surface area (TPSA) is 59.9 Å². The molecule has 5 rings (SSSR count). The number of anilines is 1. The zero-order chi connectivity index (χ0) is 22.6. The van der Waals surface area contributed by atoms with Crippen LogP contribution in [0.25, 0.3) is 43.3 Å². The zero-order valence-electron chi connectivity index (χ0n) is 18.6. The Hall–Kier alpha value is -3.61. The predicted molar refractivity (Wildman–Crippen MR) is 137 cm³/mol. The SMILES string of the molecule is COCCNc1nc(-c2cccc(C)n2)nc2sc(-c3ccccc3)c(-c3ccccc3)c12. The number of aromatic nitrogens is 3. The average Bonchev–Trinajstić information content (AvgIpc) is 3.25. The van der Waals surface area contributed by atoms with E-state index in [9.17, 15) is 0 Å². The number of hydrogen-bond donors (Lipinski definition) is 1. The molecule has 2 aromatic carbocycles. The number of nitrogens with one attached hydrogen (secondary N) is 1. The molecule has 0 bridgehead atoms. The fourth-order valence-corrected chi connectivity index (χ4v) is 5.06. The summed E-state index contributed by atoms with van der Waals surface area (Å²) in [7, 11) is 1.70. The fraction of sp³-hybridized carbons (Fsp3) is 0.148. The highest BCUT2D eigenvalue weighted by Crippen LogP contribution is 2.46. The minimum absolute atomic E-state index is 0.583. The normalized spacial score (nSPS) is 11.1. The number of aryl methyl sites for hydroxylation is 1. The summed E-state index contributed by atoms with van der Waals surface area (Å²) in [6.07, 6.45) is 0. The third-order valence-corrected chi connectivity index (χ3v) is 6.50. The molecule has 1 N–H and O–H groups in total. The molecule has 0 atom stereocenters. The predicted octanol–water partition coefficient (Wildman–Crippen LogP) is 6.45. The molecule has 6 heteroatoms. The van der Waals surface area contributed by atoms with Crippen LogP contribution in [0.5, 0.6) is 0 Å². The Morgan fingerprint density at radius 2 is 1.55 bits per heavy atom. The Labute approximate surface area is 197 Å². The van der Waals surface area contributed by atoms with Gasteiger partial charge in [-0.15, -0.1) is 11.3 Å². The van der Waals surface area contributed by atoms with Crippen LogP contribution in [-0.4, -0.2) is 35.2 Å². The van der Waals surface area contributed by atoms with Crippen molar-refractivity contribution in [1.82, 2.24) is 15.0 Å². The first-order valence-corrected chi connectivity index (χ1v) is 11.7. The summed E-state index contributed by atoms with van der Waals surface area (Å²) < 4.78 is 5.28. The summed E-state index contributed by atoms with van der Waals surface area (Å²) in [5, 5.41) is 4.52. The monoisotopic (exact) mass is 452 g/mol. The van der Waals surface area contributed by atoms with E-state index in [0.29, 0.717) is 19.0 Å². The Morgan fingerprint density at radius 3 is 2.24 bits per heavy atom. The number of thiophene rings is 1. The largest absolute Gasteiger partial charge is 0.383 e. The number of pyridine rings is 1. The smallest absolute Gasteiger partial charge is 0.181 e. The summed E-state index contributed by atoms with van der Waals surface area (Å²) >= 11 is 1.69. The van der Waals surface area contributed by atoms with Crippen LogP contribution in [0, 0.1) is 6.92 Å². The molecule has 33 heavy (non-hydrogen) atoms. The summed E-state index contributed by atoms with van der Waals surface area (Å²) in [4.78, 5) is 16.7. The second-order valence-corrected chi connectivity index (χ2v) is 8.70. The van der Waals surface area contributed by atoms with Crippen LogP contribution >= 0.6 is 11.3 Å². The standard InChI is InChI=1S/C27H24N4OS/c1-18-10-9-15-21(29-18)25-30-26(28-16-17-32-2)23-22(19-11-5-3-6-12-19)24(33-27(23)31-25)20-13-7-4-8-14-20/h3-15H,16-17H2,1-2H3,(H,28,30,31). The van der Waals surface area contributed by atoms with E-state index in [4.69, 9.17) is 14.7 Å². The molecule has 0 unspecified atom stereocenters. The maximum absolute atomic E-state index is 5.28. The van der Waals surface area contributed by atoms with Gasteiger partial charge in [-0.3, -0.25) is 0 Å². The van der Waals surface area contributed by atoms with Gasteiger partial charge in [0.15, 0.2) is 5.82 Å². The second-order valence-electron chi connectivity index (χ2n) is 7.70. The van der Waals surface area contributed by atoms with Crippen LogP contribution in [0.3, 0.4) is 0 Å². The van der Waals surface area contributed by atoms with E-state index in [0.717, 1.165) is 44.1 Å². The quantitative estimate of drug-likeness (QED) is 0.287. The highest BCUT2D eigenvalue weighted by molar-refractivity contribution is 7.22. The van der Waals surface area contributed by atoms with Crippen LogP contribution in [0.4, 0.5) is 5.82 Å². The van der Waals surface area contributed by atoms with E-state index in [1.165, 1.54) is 4.88 Å². The zero-order valence-corrected chi connectivity index (χ0v) is 19.4. The average molecular weight is 453 g/mol. The lowest BCUT2D eigenvalue weighted by atomic mass is 9.99. The maximum Gasteiger partial charge on any atom is 0.181 e. The molecule has 0 aliphatic heterocycles. The Balaban J connectivity index is 1.80. The molecule has 0 aliphatic rings. The molecule has 164 valence electrons. The third kappa shape index (κ3) is 4.35. The van der Waals surface area contributed by atoms with Gasteiger partial charge in [0.05, 0.1) is 12.0 Å². The Morgan fingerprint density at radius 1 is 0.818 bits per heavy atom. The van der Waals surface area contributed by atoms with Crippen molar-refractivity contribution >= 4 is 27.4 Å². The minimum Gasteiger partial charge on any atom is -0.383 e. The number of hydrogen-bond acceptors (Lipinski definition) is 6. The van der Waals surface area contributed by atoms with Crippen molar-refractivity contribution in [3.05, 3.63) is 84.6 Å². The first kappa shape index (κ1) is 21.2. The number of fused-ring (bicyclic) bond motifs is 1. The van der Waals surface area contributed by atoms with E-state index in [-0.39, 0.29) is 0 Å². The fourth-order valence-electron chi connectivity index (χ4n) is 3.86. The summed E-state index contributed by atoms with van der Waals surface area (Å²) in [6.45, 7) is 3.21. The summed E-state index contributed by atoms with van der Waals surface area (Å²) in [6, 6.07) is 26.8. The molecule has 0 fully saturated rings. The van der Waals surface area contributed by atoms with Gasteiger partial charge in [0.2, 0.25) is 0 Å². The van der Waals surface area contributed by atoms with Crippen LogP contribution in [0.15, 0.2) is 78.9 Å². The van der Waals surface area contributed by atoms with Crippen LogP contribution in [0.2, 0.25) is 0 Å². The van der Waals surface area contributed by atoms with Crippen molar-refractivity contribution in [2.24, 2.45) is 0 Å². The molecule has 0 aliphatic carbocycles. The van der Waals surface area contributed by atoms with Crippen molar-refractivity contribution in [2.45, 2.75) is 6.92 Å². The van der Waals surface area contributed by atoms with Crippen molar-refractivity contribution < 1.29 is 4.74 Å². The van der Waals surface area contributed by atoms with Gasteiger partial charge in [-0.2, -0.15) is 0 Å². The lowest BCUT2D eigenvalue weighted by Crippen LogP contribution is -2.10. The van der Waals surface area contributed by atoms with Crippen LogP contribution in [0.1, 0.15) is 5.69 Å². The van der Waals surface area contributed by atoms with E-state index in [1.807, 2.05) is 37.3 Å². The van der Waals surface area contributed by atoms with E-state index in [1.54, 1.807) is 18.4 Å². The van der Waals surface area contributed by atoms with Crippen molar-refractivity contribution in [3.63, 3.8) is 0 Å². The maximum atomic E-state index is 5.28. The lowest BCUT2D eigenvalue weighted by Gasteiger charge is -2.11. The number of nitrogens with zero attached hydrogens (tertiary/aromatic N) is 3. The highest BCUT2D eigenvalue weighted by Gasteiger charge is 2.22. The van der Waals surface area contributed by atoms with Gasteiger partial charge >= 0.3 is 0 Å². The van der Waals surface area contributed by atoms with Gasteiger partial charge in [0.1, 0.15) is 16.3 Å². The van der Waals surface area contributed by atoms with Crippen molar-refractivity contribution in [1.29, 1.82) is 0 Å². The number of methoxy groups -OCH3 is 1. The van der Waals surface area contributed by atoms with Crippen LogP contribution in [-0.2, 0) is 4.74 Å². The number of rotatable bonds is 7. The molecule has 3 aromatic heterocycles. The second kappa shape index (κ2) is 9.48. The molecule has 3 heterocycles. The molecule has 0 saturated heterocycles. The van der Waals surface area contributed by atoms with E-state index < -0.39 is 0 Å². The van der Waals surface area contributed by atoms with Gasteiger partial charge in [-0.25, -0.2) is 15.0 Å². The molecular weight excluding hydrogens is 428 g/mol. The molecule has 5 nitrogen and oxygen atoms in total. The van der Waals surface area contributed by atoms with Gasteiger partial charge < -0.3 is 10.1 Å². The first-order chi connectivity index (χ1) is 16.2. The number of ether oxygens (including phenoxy) is 1. The third-order valence-electron chi connectivity index (χ3n) is 5.37. The summed E-state index contributed by atoms with van der Waals surface area (Å²) in [5.41, 5.74) is 5.15. The van der Waals surface area contributed by atoms with Crippen molar-refractivity contribution in [2.75, 3.05) is 25.6 Å². The van der Waals surface area contributed by atoms with E-state index in [2.05, 4.69) is 58.8 Å².